The number of hydrogen-bond acceptors (Lipinski definition) is 4. The highest BCUT2D eigenvalue weighted by Crippen LogP contribution is 2.21. The number of carbonyl (C=O) groups excluding carboxylic acids is 1. The maximum atomic E-state index is 12.7. The Balaban J connectivity index is 1.84. The first-order valence-electron chi connectivity index (χ1n) is 8.14. The molecule has 0 bridgehead atoms. The van der Waals surface area contributed by atoms with Crippen LogP contribution in [0, 0.1) is 20.8 Å². The predicted octanol–water partition coefficient (Wildman–Crippen LogP) is 2.26. The van der Waals surface area contributed by atoms with E-state index in [4.69, 9.17) is 4.52 Å². The van der Waals surface area contributed by atoms with Gasteiger partial charge in [-0.1, -0.05) is 5.16 Å². The maximum Gasteiger partial charge on any atom is 0.253 e. The molecule has 2 aromatic heterocycles. The van der Waals surface area contributed by atoms with E-state index in [0.29, 0.717) is 17.4 Å². The molecule has 1 amide bonds. The smallest absolute Gasteiger partial charge is 0.253 e. The first-order valence-corrected chi connectivity index (χ1v) is 8.14. The van der Waals surface area contributed by atoms with Crippen molar-refractivity contribution in [1.29, 1.82) is 0 Å². The Labute approximate surface area is 136 Å². The first-order chi connectivity index (χ1) is 11.0. The van der Waals surface area contributed by atoms with Gasteiger partial charge in [-0.15, -0.1) is 0 Å². The summed E-state index contributed by atoms with van der Waals surface area (Å²) in [5.74, 6) is 1.44. The zero-order valence-corrected chi connectivity index (χ0v) is 14.1. The molecule has 6 nitrogen and oxygen atoms in total. The van der Waals surface area contributed by atoms with Gasteiger partial charge < -0.3 is 15.2 Å². The van der Waals surface area contributed by atoms with Crippen LogP contribution in [0.5, 0.6) is 0 Å². The van der Waals surface area contributed by atoms with E-state index in [-0.39, 0.29) is 11.9 Å². The molecule has 2 N–H and O–H groups in total. The quantitative estimate of drug-likeness (QED) is 0.911. The second kappa shape index (κ2) is 6.20. The largest absolute Gasteiger partial charge is 0.360 e. The third kappa shape index (κ3) is 3.03. The lowest BCUT2D eigenvalue weighted by molar-refractivity contribution is 0.0919. The molecular formula is C17H24N4O2. The molecule has 2 aromatic rings. The van der Waals surface area contributed by atoms with Crippen molar-refractivity contribution in [3.05, 3.63) is 34.8 Å². The number of carbonyl (C=O) groups is 1. The molecule has 2 atom stereocenters. The van der Waals surface area contributed by atoms with E-state index >= 15 is 0 Å². The molecule has 1 aliphatic heterocycles. The van der Waals surface area contributed by atoms with Crippen LogP contribution in [0.4, 0.5) is 0 Å². The van der Waals surface area contributed by atoms with Gasteiger partial charge in [0.05, 0.1) is 5.56 Å². The fourth-order valence-electron chi connectivity index (χ4n) is 3.29. The minimum atomic E-state index is -0.0230. The Hall–Kier alpha value is -2.08. The van der Waals surface area contributed by atoms with Gasteiger partial charge in [0.2, 0.25) is 0 Å². The molecule has 2 unspecified atom stereocenters. The maximum absolute atomic E-state index is 12.7. The number of nitrogens with one attached hydrogen (secondary N) is 2. The summed E-state index contributed by atoms with van der Waals surface area (Å²) in [5.41, 5.74) is 2.54. The molecular weight excluding hydrogens is 292 g/mol. The molecule has 1 fully saturated rings. The normalized spacial score (nSPS) is 21.4. The van der Waals surface area contributed by atoms with Gasteiger partial charge in [-0.05, 0) is 53.1 Å². The SMILES string of the molecule is Cc1cc(-n2c(C)cc(C(=O)NC3CCCNC3C)c2C)no1. The summed E-state index contributed by atoms with van der Waals surface area (Å²) in [7, 11) is 0. The minimum Gasteiger partial charge on any atom is -0.360 e. The van der Waals surface area contributed by atoms with E-state index in [1.165, 1.54) is 0 Å². The van der Waals surface area contributed by atoms with Gasteiger partial charge in [0.1, 0.15) is 5.76 Å². The third-order valence-electron chi connectivity index (χ3n) is 4.60. The van der Waals surface area contributed by atoms with E-state index < -0.39 is 0 Å². The van der Waals surface area contributed by atoms with E-state index in [1.54, 1.807) is 0 Å². The summed E-state index contributed by atoms with van der Waals surface area (Å²) in [6, 6.07) is 4.26. The van der Waals surface area contributed by atoms with Crippen molar-refractivity contribution in [3.63, 3.8) is 0 Å². The number of hydrogen-bond donors (Lipinski definition) is 2. The lowest BCUT2D eigenvalue weighted by Crippen LogP contribution is -2.51. The van der Waals surface area contributed by atoms with Gasteiger partial charge in [0.25, 0.3) is 5.91 Å². The molecule has 3 rings (SSSR count). The van der Waals surface area contributed by atoms with Crippen LogP contribution >= 0.6 is 0 Å². The monoisotopic (exact) mass is 316 g/mol. The number of nitrogens with zero attached hydrogens (tertiary/aromatic N) is 2. The summed E-state index contributed by atoms with van der Waals surface area (Å²) >= 11 is 0. The van der Waals surface area contributed by atoms with Crippen LogP contribution in [0.1, 0.15) is 47.3 Å². The Bertz CT molecular complexity index is 716. The van der Waals surface area contributed by atoms with Crippen LogP contribution in [-0.2, 0) is 0 Å². The third-order valence-corrected chi connectivity index (χ3v) is 4.60. The van der Waals surface area contributed by atoms with Crippen molar-refractivity contribution < 1.29 is 9.32 Å². The summed E-state index contributed by atoms with van der Waals surface area (Å²) in [6.07, 6.45) is 2.10. The van der Waals surface area contributed by atoms with E-state index in [0.717, 1.165) is 36.5 Å². The first kappa shape index (κ1) is 15.8. The number of rotatable bonds is 3. The van der Waals surface area contributed by atoms with Gasteiger partial charge in [0, 0.05) is 29.5 Å². The van der Waals surface area contributed by atoms with Crippen LogP contribution in [-0.4, -0.2) is 34.3 Å². The minimum absolute atomic E-state index is 0.0230. The van der Waals surface area contributed by atoms with Crippen LogP contribution in [0.2, 0.25) is 0 Å². The summed E-state index contributed by atoms with van der Waals surface area (Å²) in [6.45, 7) is 8.90. The highest BCUT2D eigenvalue weighted by molar-refractivity contribution is 5.96. The summed E-state index contributed by atoms with van der Waals surface area (Å²) in [5, 5.41) is 10.6. The lowest BCUT2D eigenvalue weighted by atomic mass is 9.99. The number of amides is 1. The predicted molar refractivity (Wildman–Crippen MR) is 88.0 cm³/mol. The van der Waals surface area contributed by atoms with Crippen LogP contribution < -0.4 is 10.6 Å². The number of piperidine rings is 1. The molecule has 23 heavy (non-hydrogen) atoms. The molecule has 6 heteroatoms. The molecule has 0 saturated carbocycles. The van der Waals surface area contributed by atoms with Gasteiger partial charge in [-0.25, -0.2) is 0 Å². The number of aryl methyl sites for hydroxylation is 2. The fraction of sp³-hybridized carbons (Fsp3) is 0.529. The zero-order chi connectivity index (χ0) is 16.6. The highest BCUT2D eigenvalue weighted by Gasteiger charge is 2.25. The molecule has 0 radical (unpaired) electrons. The topological polar surface area (TPSA) is 72.1 Å². The standard InChI is InChI=1S/C17H24N4O2/c1-10-8-14(13(4)21(10)16-9-11(2)23-20-16)17(22)19-15-6-5-7-18-12(15)3/h8-9,12,15,18H,5-7H2,1-4H3,(H,19,22). The fourth-order valence-corrected chi connectivity index (χ4v) is 3.29. The Morgan fingerprint density at radius 3 is 2.83 bits per heavy atom. The molecule has 0 spiro atoms. The summed E-state index contributed by atoms with van der Waals surface area (Å²) < 4.78 is 7.11. The van der Waals surface area contributed by atoms with Crippen molar-refractivity contribution >= 4 is 5.91 Å². The molecule has 1 aliphatic rings. The van der Waals surface area contributed by atoms with Crippen molar-refractivity contribution in [2.75, 3.05) is 6.54 Å². The zero-order valence-electron chi connectivity index (χ0n) is 14.1. The Kier molecular flexibility index (Phi) is 4.26. The van der Waals surface area contributed by atoms with E-state index in [1.807, 2.05) is 37.5 Å². The summed E-state index contributed by atoms with van der Waals surface area (Å²) in [4.78, 5) is 12.7. The van der Waals surface area contributed by atoms with Crippen LogP contribution in [0.3, 0.4) is 0 Å². The average Bonchev–Trinajstić information content (AvgIpc) is 3.05. The molecule has 0 aromatic carbocycles. The Morgan fingerprint density at radius 1 is 1.39 bits per heavy atom. The second-order valence-corrected chi connectivity index (χ2v) is 6.38. The van der Waals surface area contributed by atoms with Crippen molar-refractivity contribution in [2.45, 2.75) is 52.6 Å². The van der Waals surface area contributed by atoms with Crippen LogP contribution in [0.25, 0.3) is 5.82 Å². The van der Waals surface area contributed by atoms with Gasteiger partial charge in [-0.3, -0.25) is 9.36 Å². The van der Waals surface area contributed by atoms with Gasteiger partial charge in [0.15, 0.2) is 5.82 Å². The molecule has 3 heterocycles. The number of aromatic nitrogens is 2. The van der Waals surface area contributed by atoms with Crippen molar-refractivity contribution in [1.82, 2.24) is 20.4 Å². The van der Waals surface area contributed by atoms with Crippen molar-refractivity contribution in [2.24, 2.45) is 0 Å². The van der Waals surface area contributed by atoms with E-state index in [9.17, 15) is 4.79 Å². The van der Waals surface area contributed by atoms with Crippen molar-refractivity contribution in [3.8, 4) is 5.82 Å². The lowest BCUT2D eigenvalue weighted by Gasteiger charge is -2.30. The van der Waals surface area contributed by atoms with E-state index in [2.05, 4.69) is 22.7 Å². The molecule has 124 valence electrons. The molecule has 0 aliphatic carbocycles. The second-order valence-electron chi connectivity index (χ2n) is 6.38. The van der Waals surface area contributed by atoms with Crippen LogP contribution in [0.15, 0.2) is 16.7 Å². The average molecular weight is 316 g/mol. The van der Waals surface area contributed by atoms with Gasteiger partial charge >= 0.3 is 0 Å². The molecule has 1 saturated heterocycles. The highest BCUT2D eigenvalue weighted by atomic mass is 16.5. The van der Waals surface area contributed by atoms with Gasteiger partial charge in [-0.2, -0.15) is 0 Å². The Morgan fingerprint density at radius 2 is 2.17 bits per heavy atom.